The van der Waals surface area contributed by atoms with E-state index in [4.69, 9.17) is 4.42 Å². The summed E-state index contributed by atoms with van der Waals surface area (Å²) in [5, 5.41) is 3.28. The van der Waals surface area contributed by atoms with Crippen molar-refractivity contribution in [3.05, 3.63) is 24.1 Å². The van der Waals surface area contributed by atoms with Gasteiger partial charge in [-0.15, -0.1) is 0 Å². The van der Waals surface area contributed by atoms with Crippen molar-refractivity contribution in [3.8, 4) is 0 Å². The van der Waals surface area contributed by atoms with Crippen LogP contribution in [0.4, 0.5) is 0 Å². The Morgan fingerprint density at radius 1 is 1.30 bits per heavy atom. The molecule has 1 aliphatic heterocycles. The second-order valence-electron chi connectivity index (χ2n) is 8.79. The minimum absolute atomic E-state index is 0.0278. The molecule has 1 N–H and O–H groups in total. The fourth-order valence-corrected chi connectivity index (χ4v) is 5.61. The molecule has 1 atom stereocenters. The topological polar surface area (TPSA) is 67.5 Å². The van der Waals surface area contributed by atoms with Crippen LogP contribution in [0.2, 0.25) is 0 Å². The van der Waals surface area contributed by atoms with Crippen LogP contribution in [-0.2, 0) is 11.3 Å². The van der Waals surface area contributed by atoms with Gasteiger partial charge < -0.3 is 19.2 Å². The molecule has 2 amide bonds. The molecule has 7 heteroatoms. The van der Waals surface area contributed by atoms with Gasteiger partial charge in [0.25, 0.3) is 5.91 Å². The highest BCUT2D eigenvalue weighted by atomic mass is 32.2. The quantitative estimate of drug-likeness (QED) is 0.628. The van der Waals surface area contributed by atoms with Gasteiger partial charge in [0.05, 0.1) is 18.3 Å². The molecule has 2 aliphatic rings. The number of nitrogens with zero attached hydrogens (tertiary/aromatic N) is 2. The Morgan fingerprint density at radius 2 is 2.10 bits per heavy atom. The summed E-state index contributed by atoms with van der Waals surface area (Å²) in [5.41, 5.74) is 1.30. The van der Waals surface area contributed by atoms with Crippen molar-refractivity contribution in [2.24, 2.45) is 0 Å². The maximum atomic E-state index is 13.5. The Bertz CT molecular complexity index is 899. The summed E-state index contributed by atoms with van der Waals surface area (Å²) in [5.74, 6) is 2.03. The van der Waals surface area contributed by atoms with E-state index in [0.717, 1.165) is 55.5 Å². The van der Waals surface area contributed by atoms with Crippen molar-refractivity contribution < 1.29 is 14.0 Å². The first-order valence-corrected chi connectivity index (χ1v) is 12.5. The molecule has 2 aromatic rings. The van der Waals surface area contributed by atoms with Crippen molar-refractivity contribution in [2.75, 3.05) is 18.1 Å². The molecule has 1 saturated carbocycles. The molecule has 6 nitrogen and oxygen atoms in total. The number of amides is 2. The molecule has 0 spiro atoms. The molecule has 3 heterocycles. The number of rotatable bonds is 8. The lowest BCUT2D eigenvalue weighted by Gasteiger charge is -2.44. The SMILES string of the molecule is CCCSCCCN1C(=O)c2cc3occc3n2C[C@@]1(C)C(=O)NC1CCCCC1. The third kappa shape index (κ3) is 4.01. The summed E-state index contributed by atoms with van der Waals surface area (Å²) in [7, 11) is 0. The monoisotopic (exact) mass is 431 g/mol. The van der Waals surface area contributed by atoms with Crippen LogP contribution in [0.25, 0.3) is 11.1 Å². The van der Waals surface area contributed by atoms with Crippen molar-refractivity contribution in [1.29, 1.82) is 0 Å². The van der Waals surface area contributed by atoms with Crippen LogP contribution in [0, 0.1) is 0 Å². The summed E-state index contributed by atoms with van der Waals surface area (Å²) in [6, 6.07) is 3.91. The van der Waals surface area contributed by atoms with E-state index in [0.29, 0.717) is 24.4 Å². The minimum atomic E-state index is -0.903. The van der Waals surface area contributed by atoms with Crippen LogP contribution >= 0.6 is 11.8 Å². The minimum Gasteiger partial charge on any atom is -0.463 e. The van der Waals surface area contributed by atoms with Crippen molar-refractivity contribution >= 4 is 34.7 Å². The number of carbonyl (C=O) groups is 2. The summed E-state index contributed by atoms with van der Waals surface area (Å²) in [6.45, 7) is 5.16. The lowest BCUT2D eigenvalue weighted by molar-refractivity contribution is -0.133. The van der Waals surface area contributed by atoms with E-state index < -0.39 is 5.54 Å². The van der Waals surface area contributed by atoms with Gasteiger partial charge in [0.15, 0.2) is 5.58 Å². The molecule has 1 aliphatic carbocycles. The van der Waals surface area contributed by atoms with E-state index in [9.17, 15) is 9.59 Å². The maximum absolute atomic E-state index is 13.5. The van der Waals surface area contributed by atoms with E-state index in [1.54, 1.807) is 6.26 Å². The zero-order valence-electron chi connectivity index (χ0n) is 18.1. The number of nitrogens with one attached hydrogen (secondary N) is 1. The lowest BCUT2D eigenvalue weighted by Crippen LogP contribution is -2.65. The fourth-order valence-electron chi connectivity index (χ4n) is 4.78. The number of aromatic nitrogens is 1. The normalized spacial score (nSPS) is 22.5. The average molecular weight is 432 g/mol. The Morgan fingerprint density at radius 3 is 2.87 bits per heavy atom. The van der Waals surface area contributed by atoms with Crippen molar-refractivity contribution in [1.82, 2.24) is 14.8 Å². The van der Waals surface area contributed by atoms with Crippen molar-refractivity contribution in [3.63, 3.8) is 0 Å². The van der Waals surface area contributed by atoms with Crippen LogP contribution in [0.5, 0.6) is 0 Å². The maximum Gasteiger partial charge on any atom is 0.271 e. The molecular weight excluding hydrogens is 398 g/mol. The molecule has 0 unspecified atom stereocenters. The highest BCUT2D eigenvalue weighted by Gasteiger charge is 2.48. The third-order valence-electron chi connectivity index (χ3n) is 6.50. The smallest absolute Gasteiger partial charge is 0.271 e. The van der Waals surface area contributed by atoms with E-state index >= 15 is 0 Å². The first-order valence-electron chi connectivity index (χ1n) is 11.3. The molecule has 2 aromatic heterocycles. The molecule has 164 valence electrons. The number of fused-ring (bicyclic) bond motifs is 3. The van der Waals surface area contributed by atoms with E-state index in [2.05, 4.69) is 12.2 Å². The number of hydrogen-bond donors (Lipinski definition) is 1. The van der Waals surface area contributed by atoms with Gasteiger partial charge in [-0.2, -0.15) is 11.8 Å². The van der Waals surface area contributed by atoms with Crippen LogP contribution in [0.15, 0.2) is 22.8 Å². The first-order chi connectivity index (χ1) is 14.5. The molecule has 30 heavy (non-hydrogen) atoms. The summed E-state index contributed by atoms with van der Waals surface area (Å²) in [6.07, 6.45) is 9.32. The van der Waals surface area contributed by atoms with Crippen LogP contribution < -0.4 is 5.32 Å². The first kappa shape index (κ1) is 21.3. The average Bonchev–Trinajstić information content (AvgIpc) is 3.33. The van der Waals surface area contributed by atoms with Gasteiger partial charge in [-0.05, 0) is 44.1 Å². The number of carbonyl (C=O) groups excluding carboxylic acids is 2. The van der Waals surface area contributed by atoms with Gasteiger partial charge in [0.2, 0.25) is 5.91 Å². The number of furan rings is 1. The van der Waals surface area contributed by atoms with Gasteiger partial charge in [-0.3, -0.25) is 9.59 Å². The predicted octanol–water partition coefficient (Wildman–Crippen LogP) is 4.43. The highest BCUT2D eigenvalue weighted by molar-refractivity contribution is 7.99. The number of hydrogen-bond acceptors (Lipinski definition) is 4. The predicted molar refractivity (Wildman–Crippen MR) is 121 cm³/mol. The third-order valence-corrected chi connectivity index (χ3v) is 7.77. The largest absolute Gasteiger partial charge is 0.463 e. The number of thioether (sulfide) groups is 1. The van der Waals surface area contributed by atoms with Gasteiger partial charge in [-0.25, -0.2) is 0 Å². The van der Waals surface area contributed by atoms with Crippen LogP contribution in [-0.4, -0.2) is 50.9 Å². The van der Waals surface area contributed by atoms with Crippen LogP contribution in [0.3, 0.4) is 0 Å². The molecule has 0 saturated heterocycles. The van der Waals surface area contributed by atoms with Crippen molar-refractivity contribution in [2.45, 2.75) is 76.9 Å². The Balaban J connectivity index is 1.59. The molecule has 4 rings (SSSR count). The lowest BCUT2D eigenvalue weighted by atomic mass is 9.91. The molecule has 0 bridgehead atoms. The molecule has 0 aromatic carbocycles. The summed E-state index contributed by atoms with van der Waals surface area (Å²) < 4.78 is 7.50. The Labute approximate surface area is 182 Å². The molecule has 1 fully saturated rings. The standard InChI is InChI=1S/C23H33N3O3S/c1-3-13-30-14-7-11-26-21(27)19-15-20-18(10-12-29-20)25(19)16-23(26,2)22(28)24-17-8-5-4-6-9-17/h10,12,15,17H,3-9,11,13-14,16H2,1-2H3,(H,24,28)/t23-/m0/s1. The van der Waals surface area contributed by atoms with E-state index in [1.165, 1.54) is 6.42 Å². The van der Waals surface area contributed by atoms with Gasteiger partial charge in [0, 0.05) is 24.7 Å². The summed E-state index contributed by atoms with van der Waals surface area (Å²) in [4.78, 5) is 28.8. The van der Waals surface area contributed by atoms with Crippen LogP contribution in [0.1, 0.15) is 69.3 Å². The molecular formula is C23H33N3O3S. The van der Waals surface area contributed by atoms with Gasteiger partial charge >= 0.3 is 0 Å². The van der Waals surface area contributed by atoms with E-state index in [1.807, 2.05) is 40.3 Å². The Kier molecular flexibility index (Phi) is 6.46. The van der Waals surface area contributed by atoms with Gasteiger partial charge in [-0.1, -0.05) is 26.2 Å². The van der Waals surface area contributed by atoms with E-state index in [-0.39, 0.29) is 17.9 Å². The summed E-state index contributed by atoms with van der Waals surface area (Å²) >= 11 is 1.91. The zero-order valence-corrected chi connectivity index (χ0v) is 18.9. The highest BCUT2D eigenvalue weighted by Crippen LogP contribution is 2.33. The Hall–Kier alpha value is -1.89. The fraction of sp³-hybridized carbons (Fsp3) is 0.652. The second kappa shape index (κ2) is 9.08. The second-order valence-corrected chi connectivity index (χ2v) is 10.0. The molecule has 0 radical (unpaired) electrons. The zero-order chi connectivity index (χ0) is 21.1. The van der Waals surface area contributed by atoms with Gasteiger partial charge in [0.1, 0.15) is 11.2 Å².